The number of nitrogens with zero attached hydrogens (tertiary/aromatic N) is 3. The summed E-state index contributed by atoms with van der Waals surface area (Å²) >= 11 is 13.6. The monoisotopic (exact) mass is 438 g/mol. The number of hydrogen-bond acceptors (Lipinski definition) is 5. The highest BCUT2D eigenvalue weighted by atomic mass is 35.5. The van der Waals surface area contributed by atoms with Crippen molar-refractivity contribution in [1.29, 1.82) is 0 Å². The van der Waals surface area contributed by atoms with E-state index in [9.17, 15) is 9.59 Å². The second-order valence-electron chi connectivity index (χ2n) is 7.29. The molecule has 28 heavy (non-hydrogen) atoms. The molecule has 1 fully saturated rings. The number of nitrogens with one attached hydrogen (secondary N) is 1. The van der Waals surface area contributed by atoms with Crippen LogP contribution in [-0.2, 0) is 21.4 Å². The first-order valence-corrected chi connectivity index (χ1v) is 10.6. The zero-order chi connectivity index (χ0) is 19.9. The highest BCUT2D eigenvalue weighted by Gasteiger charge is 2.48. The lowest BCUT2D eigenvalue weighted by Crippen LogP contribution is -2.41. The fraction of sp³-hybridized carbons (Fsp3) is 0.421. The molecular weight excluding hydrogens is 419 g/mol. The fourth-order valence-electron chi connectivity index (χ4n) is 4.18. The molecule has 6 nitrogen and oxygen atoms in total. The Morgan fingerprint density at radius 3 is 2.86 bits per heavy atom. The quantitative estimate of drug-likeness (QED) is 0.796. The van der Waals surface area contributed by atoms with Gasteiger partial charge in [-0.2, -0.15) is 0 Å². The van der Waals surface area contributed by atoms with Gasteiger partial charge < -0.3 is 10.2 Å². The van der Waals surface area contributed by atoms with E-state index < -0.39 is 0 Å². The van der Waals surface area contributed by atoms with Crippen LogP contribution in [0.25, 0.3) is 0 Å². The first-order valence-electron chi connectivity index (χ1n) is 9.04. The number of hydrogen-bond donors (Lipinski definition) is 1. The number of benzene rings is 1. The van der Waals surface area contributed by atoms with Gasteiger partial charge in [-0.05, 0) is 36.7 Å². The standard InChI is InChI=1S/C19H20Cl2N4O2S/c1-22-16(26)9-24-5-4-19(10-24)11-25(14-3-2-12(20)6-13(14)19)18(27)7-17-23-8-15(21)28-17/h2-3,6,8H,4-5,7,9-11H2,1H3,(H,22,26). The molecule has 2 aliphatic rings. The Morgan fingerprint density at radius 2 is 2.14 bits per heavy atom. The van der Waals surface area contributed by atoms with Gasteiger partial charge in [0, 0.05) is 36.3 Å². The first-order chi connectivity index (χ1) is 13.4. The third-order valence-electron chi connectivity index (χ3n) is 5.49. The molecule has 0 aliphatic carbocycles. The summed E-state index contributed by atoms with van der Waals surface area (Å²) < 4.78 is 0.577. The summed E-state index contributed by atoms with van der Waals surface area (Å²) in [6.07, 6.45) is 2.67. The van der Waals surface area contributed by atoms with E-state index in [1.54, 1.807) is 13.2 Å². The van der Waals surface area contributed by atoms with Gasteiger partial charge in [-0.25, -0.2) is 4.98 Å². The molecule has 2 aliphatic heterocycles. The highest BCUT2D eigenvalue weighted by molar-refractivity contribution is 7.15. The van der Waals surface area contributed by atoms with Gasteiger partial charge in [0.2, 0.25) is 11.8 Å². The van der Waals surface area contributed by atoms with Gasteiger partial charge in [0.1, 0.15) is 9.34 Å². The predicted octanol–water partition coefficient (Wildman–Crippen LogP) is 2.73. The molecule has 0 bridgehead atoms. The summed E-state index contributed by atoms with van der Waals surface area (Å²) in [4.78, 5) is 33.0. The number of anilines is 1. The van der Waals surface area contributed by atoms with Crippen molar-refractivity contribution in [3.05, 3.63) is 44.3 Å². The number of aromatic nitrogens is 1. The van der Waals surface area contributed by atoms with E-state index in [0.717, 1.165) is 30.8 Å². The summed E-state index contributed by atoms with van der Waals surface area (Å²) in [7, 11) is 1.64. The third-order valence-corrected chi connectivity index (χ3v) is 6.84. The molecule has 9 heteroatoms. The van der Waals surface area contributed by atoms with E-state index in [2.05, 4.69) is 15.2 Å². The summed E-state index contributed by atoms with van der Waals surface area (Å²) in [5.74, 6) is -0.00818. The number of halogens is 2. The number of rotatable bonds is 4. The molecule has 1 N–H and O–H groups in total. The van der Waals surface area contributed by atoms with E-state index in [1.165, 1.54) is 11.3 Å². The van der Waals surface area contributed by atoms with Crippen molar-refractivity contribution in [3.63, 3.8) is 0 Å². The van der Waals surface area contributed by atoms with Crippen LogP contribution in [0, 0.1) is 0 Å². The topological polar surface area (TPSA) is 65.5 Å². The Labute approximate surface area is 177 Å². The van der Waals surface area contributed by atoms with Crippen molar-refractivity contribution >= 4 is 52.0 Å². The number of likely N-dealkylation sites (tertiary alicyclic amines) is 1. The number of thiazole rings is 1. The molecule has 1 aromatic heterocycles. The Morgan fingerprint density at radius 1 is 1.32 bits per heavy atom. The predicted molar refractivity (Wildman–Crippen MR) is 111 cm³/mol. The van der Waals surface area contributed by atoms with Crippen molar-refractivity contribution < 1.29 is 9.59 Å². The average molecular weight is 439 g/mol. The molecule has 1 spiro atoms. The number of carbonyl (C=O) groups is 2. The van der Waals surface area contributed by atoms with Crippen LogP contribution in [0.3, 0.4) is 0 Å². The van der Waals surface area contributed by atoms with Crippen LogP contribution in [0.2, 0.25) is 9.36 Å². The molecule has 1 unspecified atom stereocenters. The summed E-state index contributed by atoms with van der Waals surface area (Å²) in [6.45, 7) is 2.48. The number of likely N-dealkylation sites (N-methyl/N-ethyl adjacent to an activating group) is 1. The van der Waals surface area contributed by atoms with Crippen molar-refractivity contribution in [2.45, 2.75) is 18.3 Å². The number of amides is 2. The van der Waals surface area contributed by atoms with E-state index in [1.807, 2.05) is 23.1 Å². The second-order valence-corrected chi connectivity index (χ2v) is 9.47. The highest BCUT2D eigenvalue weighted by Crippen LogP contribution is 2.47. The van der Waals surface area contributed by atoms with E-state index in [4.69, 9.17) is 23.2 Å². The van der Waals surface area contributed by atoms with Gasteiger partial charge in [-0.1, -0.05) is 23.2 Å². The molecule has 148 valence electrons. The molecule has 3 heterocycles. The van der Waals surface area contributed by atoms with Gasteiger partial charge in [-0.15, -0.1) is 11.3 Å². The Balaban J connectivity index is 1.60. The van der Waals surface area contributed by atoms with Crippen LogP contribution >= 0.6 is 34.5 Å². The molecule has 2 amide bonds. The Hall–Kier alpha value is -1.67. The lowest BCUT2D eigenvalue weighted by molar-refractivity contribution is -0.121. The number of carbonyl (C=O) groups excluding carboxylic acids is 2. The maximum atomic E-state index is 13.1. The van der Waals surface area contributed by atoms with Gasteiger partial charge in [-0.3, -0.25) is 14.5 Å². The minimum absolute atomic E-state index is 0.00350. The minimum Gasteiger partial charge on any atom is -0.358 e. The van der Waals surface area contributed by atoms with Gasteiger partial charge >= 0.3 is 0 Å². The van der Waals surface area contributed by atoms with Gasteiger partial charge in [0.05, 0.1) is 19.2 Å². The van der Waals surface area contributed by atoms with Gasteiger partial charge in [0.15, 0.2) is 0 Å². The third kappa shape index (κ3) is 3.64. The Kier molecular flexibility index (Phi) is 5.35. The Bertz CT molecular complexity index is 934. The second kappa shape index (κ2) is 7.63. The molecule has 2 aromatic rings. The average Bonchev–Trinajstić information content (AvgIpc) is 3.34. The van der Waals surface area contributed by atoms with Crippen LogP contribution in [0.1, 0.15) is 17.0 Å². The molecule has 4 rings (SSSR count). The zero-order valence-electron chi connectivity index (χ0n) is 15.4. The summed E-state index contributed by atoms with van der Waals surface area (Å²) in [6, 6.07) is 5.70. The molecular formula is C19H20Cl2N4O2S. The lowest BCUT2D eigenvalue weighted by atomic mass is 9.81. The molecule has 1 aromatic carbocycles. The summed E-state index contributed by atoms with van der Waals surface area (Å²) in [5, 5.41) is 4.04. The van der Waals surface area contributed by atoms with E-state index in [-0.39, 0.29) is 23.7 Å². The normalized spacial score (nSPS) is 21.3. The first kappa shape index (κ1) is 19.6. The van der Waals surface area contributed by atoms with E-state index in [0.29, 0.717) is 27.5 Å². The van der Waals surface area contributed by atoms with Crippen LogP contribution in [0.4, 0.5) is 5.69 Å². The van der Waals surface area contributed by atoms with Crippen LogP contribution in [0.15, 0.2) is 24.4 Å². The zero-order valence-corrected chi connectivity index (χ0v) is 17.7. The van der Waals surface area contributed by atoms with Crippen molar-refractivity contribution in [2.75, 3.05) is 38.1 Å². The van der Waals surface area contributed by atoms with E-state index >= 15 is 0 Å². The van der Waals surface area contributed by atoms with Crippen LogP contribution < -0.4 is 10.2 Å². The van der Waals surface area contributed by atoms with Crippen molar-refractivity contribution in [1.82, 2.24) is 15.2 Å². The maximum absolute atomic E-state index is 13.1. The van der Waals surface area contributed by atoms with Crippen LogP contribution in [0.5, 0.6) is 0 Å². The van der Waals surface area contributed by atoms with Crippen molar-refractivity contribution in [2.24, 2.45) is 0 Å². The molecule has 1 atom stereocenters. The molecule has 1 saturated heterocycles. The number of fused-ring (bicyclic) bond motifs is 2. The molecule has 0 saturated carbocycles. The van der Waals surface area contributed by atoms with Crippen molar-refractivity contribution in [3.8, 4) is 0 Å². The SMILES string of the molecule is CNC(=O)CN1CCC2(C1)CN(C(=O)Cc1ncc(Cl)s1)c1ccc(Cl)cc12. The van der Waals surface area contributed by atoms with Gasteiger partial charge in [0.25, 0.3) is 0 Å². The smallest absolute Gasteiger partial charge is 0.233 e. The van der Waals surface area contributed by atoms with Crippen LogP contribution in [-0.4, -0.2) is 54.9 Å². The lowest BCUT2D eigenvalue weighted by Gasteiger charge is -2.25. The fourth-order valence-corrected chi connectivity index (χ4v) is 5.30. The molecule has 0 radical (unpaired) electrons. The summed E-state index contributed by atoms with van der Waals surface area (Å²) in [5.41, 5.74) is 1.79. The maximum Gasteiger partial charge on any atom is 0.233 e. The largest absolute Gasteiger partial charge is 0.358 e. The minimum atomic E-state index is -0.204.